The summed E-state index contributed by atoms with van der Waals surface area (Å²) in [4.78, 5) is 2.28. The lowest BCUT2D eigenvalue weighted by atomic mass is 9.89. The molecule has 1 atom stereocenters. The molecule has 0 spiro atoms. The molecule has 0 aliphatic carbocycles. The van der Waals surface area contributed by atoms with E-state index in [-0.39, 0.29) is 0 Å². The van der Waals surface area contributed by atoms with Gasteiger partial charge in [0.1, 0.15) is 0 Å². The molecule has 1 aliphatic rings. The lowest BCUT2D eigenvalue weighted by molar-refractivity contribution is 0.380. The van der Waals surface area contributed by atoms with Crippen LogP contribution in [0.25, 0.3) is 0 Å². The second-order valence-electron chi connectivity index (χ2n) is 4.69. The number of hydrogen-bond donors (Lipinski definition) is 0. The summed E-state index contributed by atoms with van der Waals surface area (Å²) >= 11 is 5.79. The zero-order valence-corrected chi connectivity index (χ0v) is 10.7. The number of halogens is 1. The molecule has 1 unspecified atom stereocenters. The molecule has 0 saturated carbocycles. The molecule has 0 amide bonds. The molecule has 2 heteroatoms. The Bertz CT molecular complexity index is 380. The maximum Gasteiger partial charge on any atom is 0.0474 e. The minimum Gasteiger partial charge on any atom is -0.380 e. The predicted molar refractivity (Wildman–Crippen MR) is 69.7 cm³/mol. The molecule has 1 aliphatic heterocycles. The maximum atomic E-state index is 5.79. The molecule has 2 rings (SSSR count). The van der Waals surface area contributed by atoms with E-state index in [1.165, 1.54) is 23.1 Å². The first-order valence-corrected chi connectivity index (χ1v) is 6.25. The van der Waals surface area contributed by atoms with Crippen LogP contribution in [0.4, 0.5) is 0 Å². The lowest BCUT2D eigenvalue weighted by Gasteiger charge is -2.29. The van der Waals surface area contributed by atoms with Gasteiger partial charge in [-0.05, 0) is 30.7 Å². The van der Waals surface area contributed by atoms with Crippen LogP contribution in [0.15, 0.2) is 36.0 Å². The molecule has 0 aromatic heterocycles. The third-order valence-electron chi connectivity index (χ3n) is 3.12. The Labute approximate surface area is 103 Å². The van der Waals surface area contributed by atoms with E-state index in [0.29, 0.717) is 11.8 Å². The normalized spacial score (nSPS) is 20.8. The van der Waals surface area contributed by atoms with Crippen molar-refractivity contribution in [2.24, 2.45) is 0 Å². The number of allylic oxidation sites excluding steroid dienone is 1. The number of likely N-dealkylation sites (N-methyl/N-ethyl adjacent to an activating group) is 1. The van der Waals surface area contributed by atoms with E-state index >= 15 is 0 Å². The monoisotopic (exact) mass is 235 g/mol. The van der Waals surface area contributed by atoms with Gasteiger partial charge in [0.25, 0.3) is 0 Å². The quantitative estimate of drug-likeness (QED) is 0.706. The number of alkyl halides is 1. The smallest absolute Gasteiger partial charge is 0.0474 e. The van der Waals surface area contributed by atoms with Crippen molar-refractivity contribution >= 4 is 11.6 Å². The Kier molecular flexibility index (Phi) is 3.55. The molecule has 1 aromatic rings. The van der Waals surface area contributed by atoms with Gasteiger partial charge in [-0.25, -0.2) is 0 Å². The summed E-state index contributed by atoms with van der Waals surface area (Å²) in [5.74, 6) is 1.23. The van der Waals surface area contributed by atoms with E-state index in [1.807, 2.05) is 0 Å². The van der Waals surface area contributed by atoms with Gasteiger partial charge in [0.15, 0.2) is 0 Å². The van der Waals surface area contributed by atoms with Crippen LogP contribution in [0.2, 0.25) is 0 Å². The predicted octanol–water partition coefficient (Wildman–Crippen LogP) is 3.75. The fourth-order valence-corrected chi connectivity index (χ4v) is 2.56. The molecule has 0 bridgehead atoms. The summed E-state index contributed by atoms with van der Waals surface area (Å²) in [6, 6.07) is 8.70. The highest BCUT2D eigenvalue weighted by molar-refractivity contribution is 6.17. The molecule has 1 nitrogen and oxygen atoms in total. The minimum absolute atomic E-state index is 0.601. The van der Waals surface area contributed by atoms with E-state index in [4.69, 9.17) is 11.6 Å². The van der Waals surface area contributed by atoms with Crippen LogP contribution in [-0.4, -0.2) is 18.5 Å². The Morgan fingerprint density at radius 3 is 2.56 bits per heavy atom. The second kappa shape index (κ2) is 4.92. The van der Waals surface area contributed by atoms with Crippen molar-refractivity contribution in [2.75, 3.05) is 13.6 Å². The highest BCUT2D eigenvalue weighted by Crippen LogP contribution is 2.28. The van der Waals surface area contributed by atoms with Crippen molar-refractivity contribution < 1.29 is 0 Å². The van der Waals surface area contributed by atoms with Crippen LogP contribution in [0.3, 0.4) is 0 Å². The first kappa shape index (κ1) is 11.5. The second-order valence-corrected chi connectivity index (χ2v) is 4.96. The molecular weight excluding hydrogens is 218 g/mol. The van der Waals surface area contributed by atoms with Crippen LogP contribution in [0, 0.1) is 0 Å². The highest BCUT2D eigenvalue weighted by Gasteiger charge is 2.17. The van der Waals surface area contributed by atoms with Crippen molar-refractivity contribution in [3.63, 3.8) is 0 Å². The van der Waals surface area contributed by atoms with Gasteiger partial charge < -0.3 is 4.90 Å². The van der Waals surface area contributed by atoms with E-state index in [2.05, 4.69) is 49.3 Å². The first-order chi connectivity index (χ1) is 7.69. The van der Waals surface area contributed by atoms with E-state index < -0.39 is 0 Å². The van der Waals surface area contributed by atoms with Crippen molar-refractivity contribution in [1.82, 2.24) is 4.90 Å². The standard InChI is InChI=1S/C14H18ClN/c1-11-7-14(10-16(2)9-11)13-5-3-12(8-15)4-6-13/h3-6,9,14H,7-8,10H2,1-2H3. The van der Waals surface area contributed by atoms with Gasteiger partial charge >= 0.3 is 0 Å². The van der Waals surface area contributed by atoms with Crippen molar-refractivity contribution in [3.8, 4) is 0 Å². The van der Waals surface area contributed by atoms with Gasteiger partial charge in [0.2, 0.25) is 0 Å². The average molecular weight is 236 g/mol. The van der Waals surface area contributed by atoms with Crippen molar-refractivity contribution in [2.45, 2.75) is 25.1 Å². The van der Waals surface area contributed by atoms with Crippen LogP contribution in [0.5, 0.6) is 0 Å². The summed E-state index contributed by atoms with van der Waals surface area (Å²) < 4.78 is 0. The van der Waals surface area contributed by atoms with E-state index in [1.54, 1.807) is 0 Å². The number of hydrogen-bond acceptors (Lipinski definition) is 1. The van der Waals surface area contributed by atoms with Crippen molar-refractivity contribution in [3.05, 3.63) is 47.2 Å². The Morgan fingerprint density at radius 2 is 2.00 bits per heavy atom. The molecule has 16 heavy (non-hydrogen) atoms. The highest BCUT2D eigenvalue weighted by atomic mass is 35.5. The van der Waals surface area contributed by atoms with E-state index in [9.17, 15) is 0 Å². The van der Waals surface area contributed by atoms with Crippen LogP contribution in [-0.2, 0) is 5.88 Å². The summed E-state index contributed by atoms with van der Waals surface area (Å²) in [5.41, 5.74) is 4.08. The maximum absolute atomic E-state index is 5.79. The van der Waals surface area contributed by atoms with Crippen molar-refractivity contribution in [1.29, 1.82) is 0 Å². The molecule has 1 aromatic carbocycles. The summed E-state index contributed by atoms with van der Waals surface area (Å²) in [7, 11) is 2.14. The average Bonchev–Trinajstić information content (AvgIpc) is 2.28. The van der Waals surface area contributed by atoms with E-state index in [0.717, 1.165) is 6.54 Å². The van der Waals surface area contributed by atoms with Crippen LogP contribution >= 0.6 is 11.6 Å². The van der Waals surface area contributed by atoms with Gasteiger partial charge in [0, 0.05) is 25.4 Å². The fraction of sp³-hybridized carbons (Fsp3) is 0.429. The topological polar surface area (TPSA) is 3.24 Å². The Morgan fingerprint density at radius 1 is 1.31 bits per heavy atom. The molecular formula is C14H18ClN. The largest absolute Gasteiger partial charge is 0.380 e. The third kappa shape index (κ3) is 2.59. The van der Waals surface area contributed by atoms with Crippen LogP contribution in [0.1, 0.15) is 30.4 Å². The van der Waals surface area contributed by atoms with Gasteiger partial charge in [-0.3, -0.25) is 0 Å². The zero-order chi connectivity index (χ0) is 11.5. The minimum atomic E-state index is 0.601. The first-order valence-electron chi connectivity index (χ1n) is 5.71. The van der Waals surface area contributed by atoms with Gasteiger partial charge in [-0.2, -0.15) is 0 Å². The summed E-state index contributed by atoms with van der Waals surface area (Å²) in [5, 5.41) is 0. The van der Waals surface area contributed by atoms with Gasteiger partial charge in [-0.15, -0.1) is 11.6 Å². The Balaban J connectivity index is 2.15. The summed E-state index contributed by atoms with van der Waals surface area (Å²) in [6.07, 6.45) is 3.41. The molecule has 1 heterocycles. The molecule has 86 valence electrons. The molecule has 0 fully saturated rings. The number of benzene rings is 1. The lowest BCUT2D eigenvalue weighted by Crippen LogP contribution is -2.24. The Hall–Kier alpha value is -0.950. The van der Waals surface area contributed by atoms with Crippen LogP contribution < -0.4 is 0 Å². The number of nitrogens with zero attached hydrogens (tertiary/aromatic N) is 1. The molecule has 0 radical (unpaired) electrons. The van der Waals surface area contributed by atoms with Gasteiger partial charge in [-0.1, -0.05) is 29.8 Å². The third-order valence-corrected chi connectivity index (χ3v) is 3.43. The zero-order valence-electron chi connectivity index (χ0n) is 9.91. The van der Waals surface area contributed by atoms with Gasteiger partial charge in [0.05, 0.1) is 0 Å². The number of rotatable bonds is 2. The molecule has 0 saturated heterocycles. The molecule has 0 N–H and O–H groups in total. The SMILES string of the molecule is CC1=CN(C)CC(c2ccc(CCl)cc2)C1. The fourth-order valence-electron chi connectivity index (χ4n) is 2.38. The summed E-state index contributed by atoms with van der Waals surface area (Å²) in [6.45, 7) is 3.31.